The van der Waals surface area contributed by atoms with Crippen LogP contribution in [0.3, 0.4) is 0 Å². The van der Waals surface area contributed by atoms with E-state index in [1.165, 1.54) is 60.6 Å². The van der Waals surface area contributed by atoms with Crippen LogP contribution in [0, 0.1) is 0 Å². The first-order chi connectivity index (χ1) is 50.6. The van der Waals surface area contributed by atoms with E-state index in [1.54, 1.807) is 101 Å². The number of carboxylic acids is 1. The van der Waals surface area contributed by atoms with E-state index in [4.69, 9.17) is 28.8 Å². The molecule has 4 amide bonds. The fourth-order valence-corrected chi connectivity index (χ4v) is 12.2. The molecule has 0 radical (unpaired) electrons. The lowest BCUT2D eigenvalue weighted by atomic mass is 10.0. The van der Waals surface area contributed by atoms with Crippen molar-refractivity contribution in [1.82, 2.24) is 20.6 Å². The van der Waals surface area contributed by atoms with Gasteiger partial charge in [-0.3, -0.25) is 38.7 Å². The molecule has 0 aliphatic carbocycles. The number of benzene rings is 6. The number of carboxylic acid groups (broad SMARTS) is 1. The Morgan fingerprint density at radius 3 is 1.21 bits per heavy atom. The Labute approximate surface area is 620 Å². The van der Waals surface area contributed by atoms with Crippen LogP contribution in [-0.4, -0.2) is 149 Å². The number of carbonyl (C=O) groups excluding carboxylic acids is 5. The third-order valence-electron chi connectivity index (χ3n) is 15.8. The molecule has 0 bridgehead atoms. The quantitative estimate of drug-likeness (QED) is 0.0139. The highest BCUT2D eigenvalue weighted by molar-refractivity contribution is 7.98. The number of nitrogens with one attached hydrogen (secondary N) is 4. The Balaban J connectivity index is 0.000000297. The minimum Gasteiger partial charge on any atom is -0.481 e. The van der Waals surface area contributed by atoms with Gasteiger partial charge in [0.1, 0.15) is 5.60 Å². The summed E-state index contributed by atoms with van der Waals surface area (Å²) in [4.78, 5) is 89.8. The van der Waals surface area contributed by atoms with Gasteiger partial charge in [0.25, 0.3) is 23.6 Å². The molecule has 8 rings (SSSR count). The van der Waals surface area contributed by atoms with E-state index in [0.29, 0.717) is 132 Å². The second-order valence-electron chi connectivity index (χ2n) is 24.9. The van der Waals surface area contributed by atoms with Crippen molar-refractivity contribution in [3.63, 3.8) is 0 Å². The zero-order valence-corrected chi connectivity index (χ0v) is 61.4. The summed E-state index contributed by atoms with van der Waals surface area (Å²) in [7, 11) is 6.44. The van der Waals surface area contributed by atoms with E-state index >= 15 is 0 Å². The molecule has 0 fully saturated rings. The third kappa shape index (κ3) is 27.3. The number of aliphatic carboxylic acids is 1. The van der Waals surface area contributed by atoms with E-state index in [-0.39, 0.29) is 54.8 Å². The van der Waals surface area contributed by atoms with Crippen molar-refractivity contribution in [2.45, 2.75) is 76.2 Å². The topological polar surface area (TPSA) is 249 Å². The number of pyridine rings is 2. The van der Waals surface area contributed by atoms with E-state index in [1.807, 2.05) is 57.2 Å². The lowest BCUT2D eigenvalue weighted by Crippen LogP contribution is -2.30. The Morgan fingerprint density at radius 1 is 0.453 bits per heavy atom. The van der Waals surface area contributed by atoms with Crippen LogP contribution in [0.1, 0.15) is 108 Å². The minimum absolute atomic E-state index is 0.0463. The van der Waals surface area contributed by atoms with E-state index in [0.717, 1.165) is 46.8 Å². The Bertz CT molecular complexity index is 4240. The van der Waals surface area contributed by atoms with E-state index in [2.05, 4.69) is 41.0 Å². The predicted molar refractivity (Wildman–Crippen MR) is 400 cm³/mol. The van der Waals surface area contributed by atoms with Crippen LogP contribution < -0.4 is 31.1 Å². The Hall–Kier alpha value is -9.84. The van der Waals surface area contributed by atoms with Crippen LogP contribution in [0.5, 0.6) is 0 Å². The molecule has 8 aromatic rings. The summed E-state index contributed by atoms with van der Waals surface area (Å²) in [5, 5.41) is 20.3. The molecule has 20 nitrogen and oxygen atoms in total. The molecule has 564 valence electrons. The molecule has 5 N–H and O–H groups in total. The normalized spacial score (nSPS) is 11.4. The van der Waals surface area contributed by atoms with Gasteiger partial charge < -0.3 is 59.9 Å². The maximum absolute atomic E-state index is 13.7. The highest BCUT2D eigenvalue weighted by atomic mass is 32.2. The van der Waals surface area contributed by atoms with Crippen LogP contribution in [0.4, 0.5) is 49.1 Å². The fourth-order valence-electron chi connectivity index (χ4n) is 10.4. The molecular weight excluding hydrogens is 1420 g/mol. The summed E-state index contributed by atoms with van der Waals surface area (Å²) >= 11 is 3.03. The molecule has 0 saturated heterocycles. The molecule has 28 heteroatoms. The van der Waals surface area contributed by atoms with Crippen molar-refractivity contribution in [3.8, 4) is 22.5 Å². The standard InChI is InChI=1S/C41H47F3N4O6S.C37H39F3N4O6S/c1-40(2,3)54-37(49)15-21-55-27-29-9-6-10-30(22-29)39(51)47-35-13-12-33(48(17-19-52-4)18-20-53-5)25-34(35)36-24-31(14-16-45-36)38(50)46-26-28-8-7-11-32(23-28)41(42,43)44;1-49-16-14-44(15-17-50-2)30-9-10-32(43-36(48)27-7-3-6-26(19-27)24-51-18-12-34(45)46)31(22-30)33-21-28(11-13-41-33)35(47)42-23-25-5-4-8-29(20-25)37(38,39)40/h6-14,16,22-25H,15,17-21,26-27H2,1-5H3,(H,46,50)(H,47,51);3-11,13,19-22H,12,14-18,23-24H2,1-2H3,(H,42,47)(H,43,48)(H,45,46). The van der Waals surface area contributed by atoms with Crippen LogP contribution in [0.15, 0.2) is 170 Å². The fraction of sp³-hybridized carbons (Fsp3) is 0.333. The van der Waals surface area contributed by atoms with Gasteiger partial charge in [-0.2, -0.15) is 49.9 Å². The summed E-state index contributed by atoms with van der Waals surface area (Å²) < 4.78 is 106. The molecule has 0 aliphatic heterocycles. The number of esters is 1. The number of ether oxygens (including phenoxy) is 5. The monoisotopic (exact) mass is 1500 g/mol. The van der Waals surface area contributed by atoms with Crippen LogP contribution in [-0.2, 0) is 70.2 Å². The number of aromatic nitrogens is 2. The zero-order chi connectivity index (χ0) is 76.8. The number of hydrogen-bond acceptors (Lipinski definition) is 17. The number of thioether (sulfide) groups is 2. The average molecular weight is 1510 g/mol. The molecule has 106 heavy (non-hydrogen) atoms. The number of amides is 4. The van der Waals surface area contributed by atoms with Crippen LogP contribution >= 0.6 is 23.5 Å². The van der Waals surface area contributed by atoms with Crippen LogP contribution in [0.2, 0.25) is 0 Å². The first kappa shape index (κ1) is 83.4. The number of halogens is 6. The van der Waals surface area contributed by atoms with Crippen molar-refractivity contribution >= 4 is 81.8 Å². The van der Waals surface area contributed by atoms with Crippen molar-refractivity contribution in [3.05, 3.63) is 226 Å². The Morgan fingerprint density at radius 2 is 0.830 bits per heavy atom. The summed E-state index contributed by atoms with van der Waals surface area (Å²) in [6.07, 6.45) is -5.77. The number of rotatable bonds is 36. The predicted octanol–water partition coefficient (Wildman–Crippen LogP) is 14.8. The minimum atomic E-state index is -4.50. The number of carbonyl (C=O) groups is 6. The SMILES string of the molecule is COCCN(CCOC)c1ccc(NC(=O)c2cccc(CSCCC(=O)O)c2)c(-c2cc(C(=O)NCc3cccc(C(F)(F)F)c3)ccn2)c1.COCCN(CCOC)c1ccc(NC(=O)c2cccc(CSCCC(=O)OC(C)(C)C)c2)c(-c2cc(C(=O)NCc3cccc(C(F)(F)F)c3)ccn2)c1. The molecule has 0 atom stereocenters. The van der Waals surface area contributed by atoms with Gasteiger partial charge in [-0.15, -0.1) is 0 Å². The van der Waals surface area contributed by atoms with Gasteiger partial charge in [0, 0.05) is 148 Å². The molecule has 0 unspecified atom stereocenters. The molecule has 0 aliphatic rings. The highest BCUT2D eigenvalue weighted by Crippen LogP contribution is 2.36. The van der Waals surface area contributed by atoms with Crippen molar-refractivity contribution in [2.75, 3.05) is 113 Å². The molecular formula is C78H86F6N8O12S2. The molecule has 0 spiro atoms. The van der Waals surface area contributed by atoms with Crippen LogP contribution in [0.25, 0.3) is 22.5 Å². The number of alkyl halides is 6. The van der Waals surface area contributed by atoms with E-state index in [9.17, 15) is 55.1 Å². The number of anilines is 4. The number of methoxy groups -OCH3 is 4. The van der Waals surface area contributed by atoms with Gasteiger partial charge in [0.15, 0.2) is 0 Å². The molecule has 2 aromatic heterocycles. The summed E-state index contributed by atoms with van der Waals surface area (Å²) in [6.45, 7) is 9.25. The van der Waals surface area contributed by atoms with Gasteiger partial charge >= 0.3 is 24.3 Å². The van der Waals surface area contributed by atoms with Gasteiger partial charge in [-0.05, 0) is 152 Å². The summed E-state index contributed by atoms with van der Waals surface area (Å²) in [6, 6.07) is 40.9. The second-order valence-corrected chi connectivity index (χ2v) is 27.1. The molecule has 6 aromatic carbocycles. The lowest BCUT2D eigenvalue weighted by molar-refractivity contribution is -0.154. The maximum atomic E-state index is 13.7. The van der Waals surface area contributed by atoms with E-state index < -0.39 is 46.9 Å². The first-order valence-electron chi connectivity index (χ1n) is 33.6. The smallest absolute Gasteiger partial charge is 0.416 e. The van der Waals surface area contributed by atoms with Crippen molar-refractivity contribution in [1.29, 1.82) is 0 Å². The number of hydrogen-bond donors (Lipinski definition) is 5. The van der Waals surface area contributed by atoms with Crippen molar-refractivity contribution < 1.29 is 83.9 Å². The molecule has 0 saturated carbocycles. The maximum Gasteiger partial charge on any atom is 0.416 e. The molecule has 2 heterocycles. The van der Waals surface area contributed by atoms with Gasteiger partial charge in [0.05, 0.1) is 73.2 Å². The largest absolute Gasteiger partial charge is 0.481 e. The summed E-state index contributed by atoms with van der Waals surface area (Å²) in [5.74, 6) is -0.741. The zero-order valence-electron chi connectivity index (χ0n) is 59.8. The highest BCUT2D eigenvalue weighted by Gasteiger charge is 2.32. The Kier molecular flexibility index (Phi) is 32.4. The first-order valence-corrected chi connectivity index (χ1v) is 35.9. The summed E-state index contributed by atoms with van der Waals surface area (Å²) in [5.41, 5.74) is 5.78. The average Bonchev–Trinajstić information content (AvgIpc) is 0.802. The number of nitrogens with zero attached hydrogens (tertiary/aromatic N) is 4. The lowest BCUT2D eigenvalue weighted by Gasteiger charge is -2.25. The van der Waals surface area contributed by atoms with Crippen molar-refractivity contribution in [2.24, 2.45) is 0 Å². The third-order valence-corrected chi connectivity index (χ3v) is 17.8. The van der Waals surface area contributed by atoms with Gasteiger partial charge in [0.2, 0.25) is 0 Å². The second kappa shape index (κ2) is 41.2. The van der Waals surface area contributed by atoms with Gasteiger partial charge in [-0.1, -0.05) is 48.5 Å². The van der Waals surface area contributed by atoms with Gasteiger partial charge in [-0.25, -0.2) is 0 Å².